The second-order valence-electron chi connectivity index (χ2n) is 12.2. The standard InChI is InChI=1S/C40H22N8/c1-2-10-22-18-24-20-32-31(19-23(24)17-21(22)9-1)39-46-37-29-15-7-5-13-27(29)35(44-37)42-33-25-11-3-4-12-26(25)34(41-33)43-36-28-14-6-8-16-30(28)38(45-36)47-40(32)48-39/h1-20H,(H2,41,42,43,44,45,46,47,48). The molecule has 0 radical (unpaired) electrons. The van der Waals surface area contributed by atoms with E-state index in [-0.39, 0.29) is 0 Å². The molecule has 0 amide bonds. The Balaban J connectivity index is 1.32. The summed E-state index contributed by atoms with van der Waals surface area (Å²) in [6.07, 6.45) is 0. The Hall–Kier alpha value is -6.80. The van der Waals surface area contributed by atoms with Crippen LogP contribution in [-0.2, 0) is 0 Å². The van der Waals surface area contributed by atoms with E-state index in [2.05, 4.69) is 82.8 Å². The Morgan fingerprint density at radius 1 is 0.292 bits per heavy atom. The van der Waals surface area contributed by atoms with Gasteiger partial charge in [-0.05, 0) is 45.8 Å². The molecule has 0 saturated heterocycles. The summed E-state index contributed by atoms with van der Waals surface area (Å²) in [6.45, 7) is 0. The van der Waals surface area contributed by atoms with Crippen LogP contribution in [0, 0.1) is 0 Å². The molecule has 0 unspecified atom stereocenters. The van der Waals surface area contributed by atoms with Gasteiger partial charge >= 0.3 is 0 Å². The van der Waals surface area contributed by atoms with Crippen LogP contribution in [0.4, 0.5) is 0 Å². The summed E-state index contributed by atoms with van der Waals surface area (Å²) >= 11 is 0. The SMILES string of the molecule is c1ccc2c(c1)-c1nc-2nc2[nH]c(nc3nc(nc4[nH]c(n1)c1ccccc41)-c1cc4cc5ccccc5cc4cc1-3)c1ccccc21. The van der Waals surface area contributed by atoms with Gasteiger partial charge in [0.05, 0.1) is 0 Å². The van der Waals surface area contributed by atoms with E-state index in [1.54, 1.807) is 0 Å². The van der Waals surface area contributed by atoms with Gasteiger partial charge in [0.15, 0.2) is 23.3 Å². The maximum atomic E-state index is 5.18. The number of hydrogen-bond donors (Lipinski definition) is 2. The Morgan fingerprint density at radius 3 is 1.02 bits per heavy atom. The molecule has 48 heavy (non-hydrogen) atoms. The number of nitrogens with one attached hydrogen (secondary N) is 2. The minimum Gasteiger partial charge on any atom is -0.324 e. The van der Waals surface area contributed by atoms with E-state index in [0.29, 0.717) is 45.9 Å². The third kappa shape index (κ3) is 3.65. The molecular formula is C40H22N8. The van der Waals surface area contributed by atoms with Gasteiger partial charge in [-0.15, -0.1) is 0 Å². The van der Waals surface area contributed by atoms with Crippen molar-refractivity contribution < 1.29 is 0 Å². The summed E-state index contributed by atoms with van der Waals surface area (Å²) in [5.74, 6) is 2.36. The lowest BCUT2D eigenvalue weighted by Gasteiger charge is -2.06. The summed E-state index contributed by atoms with van der Waals surface area (Å²) in [5.41, 5.74) is 6.40. The molecule has 8 bridgehead atoms. The molecule has 0 atom stereocenters. The molecular weight excluding hydrogens is 592 g/mol. The Labute approximate surface area is 271 Å². The van der Waals surface area contributed by atoms with E-state index < -0.39 is 0 Å². The van der Waals surface area contributed by atoms with Crippen LogP contribution in [0.3, 0.4) is 0 Å². The second kappa shape index (κ2) is 9.37. The van der Waals surface area contributed by atoms with E-state index in [4.69, 9.17) is 29.9 Å². The van der Waals surface area contributed by atoms with Crippen LogP contribution in [0.2, 0.25) is 0 Å². The first-order valence-electron chi connectivity index (χ1n) is 15.8. The molecule has 6 aromatic carbocycles. The highest BCUT2D eigenvalue weighted by Gasteiger charge is 2.23. The molecule has 8 heteroatoms. The molecule has 8 nitrogen and oxygen atoms in total. The summed E-state index contributed by atoms with van der Waals surface area (Å²) in [4.78, 5) is 37.6. The van der Waals surface area contributed by atoms with Gasteiger partial charge in [-0.1, -0.05) is 97.1 Å². The minimum atomic E-state index is 0.587. The van der Waals surface area contributed by atoms with Crippen molar-refractivity contribution in [3.8, 4) is 45.6 Å². The molecule has 11 rings (SSSR count). The average molecular weight is 615 g/mol. The molecule has 222 valence electrons. The number of nitrogens with zero attached hydrogens (tertiary/aromatic N) is 6. The van der Waals surface area contributed by atoms with Gasteiger partial charge in [0.25, 0.3) is 0 Å². The van der Waals surface area contributed by atoms with Gasteiger partial charge in [0, 0.05) is 43.8 Å². The molecule has 5 heterocycles. The second-order valence-corrected chi connectivity index (χ2v) is 12.2. The van der Waals surface area contributed by atoms with Crippen molar-refractivity contribution in [3.05, 3.63) is 121 Å². The van der Waals surface area contributed by atoms with E-state index in [0.717, 1.165) is 54.6 Å². The van der Waals surface area contributed by atoms with E-state index in [1.807, 2.05) is 48.5 Å². The fourth-order valence-electron chi connectivity index (χ4n) is 7.08. The normalized spacial score (nSPS) is 12.2. The Kier molecular flexibility index (Phi) is 4.96. The number of aromatic amines is 2. The highest BCUT2D eigenvalue weighted by molar-refractivity contribution is 6.07. The maximum Gasteiger partial charge on any atom is 0.164 e. The van der Waals surface area contributed by atoms with Crippen molar-refractivity contribution in [2.24, 2.45) is 0 Å². The number of aromatic nitrogens is 8. The van der Waals surface area contributed by atoms with Gasteiger partial charge < -0.3 is 9.97 Å². The zero-order valence-electron chi connectivity index (χ0n) is 25.2. The first kappa shape index (κ1) is 25.4. The van der Waals surface area contributed by atoms with Crippen molar-refractivity contribution in [2.45, 2.75) is 0 Å². The van der Waals surface area contributed by atoms with Crippen LogP contribution in [-0.4, -0.2) is 39.9 Å². The van der Waals surface area contributed by atoms with Gasteiger partial charge in [-0.25, -0.2) is 29.9 Å². The van der Waals surface area contributed by atoms with Gasteiger partial charge in [-0.3, -0.25) is 0 Å². The average Bonchev–Trinajstić information content (AvgIpc) is 3.85. The topological polar surface area (TPSA) is 109 Å². The molecule has 3 aromatic heterocycles. The fraction of sp³-hybridized carbons (Fsp3) is 0. The van der Waals surface area contributed by atoms with Crippen LogP contribution in [0.15, 0.2) is 121 Å². The van der Waals surface area contributed by atoms with Crippen LogP contribution >= 0.6 is 0 Å². The highest BCUT2D eigenvalue weighted by atomic mass is 15.1. The summed E-state index contributed by atoms with van der Waals surface area (Å²) in [5, 5.41) is 8.39. The number of hydrogen-bond acceptors (Lipinski definition) is 6. The minimum absolute atomic E-state index is 0.587. The first-order chi connectivity index (χ1) is 23.7. The predicted molar refractivity (Wildman–Crippen MR) is 191 cm³/mol. The van der Waals surface area contributed by atoms with Crippen LogP contribution < -0.4 is 0 Å². The molecule has 0 aliphatic carbocycles. The summed E-state index contributed by atoms with van der Waals surface area (Å²) < 4.78 is 0. The van der Waals surface area contributed by atoms with Crippen LogP contribution in [0.25, 0.3) is 111 Å². The summed E-state index contributed by atoms with van der Waals surface area (Å²) in [7, 11) is 0. The molecule has 0 spiro atoms. The van der Waals surface area contributed by atoms with Crippen LogP contribution in [0.5, 0.6) is 0 Å². The Bertz CT molecular complexity index is 2830. The molecule has 9 aromatic rings. The zero-order valence-corrected chi connectivity index (χ0v) is 25.2. The largest absolute Gasteiger partial charge is 0.324 e. The van der Waals surface area contributed by atoms with Crippen molar-refractivity contribution in [2.75, 3.05) is 0 Å². The third-order valence-corrected chi connectivity index (χ3v) is 9.37. The van der Waals surface area contributed by atoms with Crippen LogP contribution in [0.1, 0.15) is 0 Å². The highest BCUT2D eigenvalue weighted by Crippen LogP contribution is 2.39. The molecule has 0 fully saturated rings. The summed E-state index contributed by atoms with van der Waals surface area (Å²) in [6, 6.07) is 41.6. The smallest absolute Gasteiger partial charge is 0.164 e. The van der Waals surface area contributed by atoms with E-state index in [9.17, 15) is 0 Å². The van der Waals surface area contributed by atoms with Gasteiger partial charge in [0.2, 0.25) is 0 Å². The Morgan fingerprint density at radius 2 is 0.625 bits per heavy atom. The van der Waals surface area contributed by atoms with Gasteiger partial charge in [0.1, 0.15) is 22.6 Å². The van der Waals surface area contributed by atoms with Crippen molar-refractivity contribution in [1.82, 2.24) is 39.9 Å². The molecule has 2 aliphatic rings. The van der Waals surface area contributed by atoms with Crippen molar-refractivity contribution >= 4 is 65.7 Å². The third-order valence-electron chi connectivity index (χ3n) is 9.37. The lowest BCUT2D eigenvalue weighted by molar-refractivity contribution is 1.19. The first-order valence-corrected chi connectivity index (χ1v) is 15.8. The number of H-pyrrole nitrogens is 2. The lowest BCUT2D eigenvalue weighted by Crippen LogP contribution is -1.84. The zero-order chi connectivity index (χ0) is 31.3. The maximum absolute atomic E-state index is 5.18. The van der Waals surface area contributed by atoms with E-state index in [1.165, 1.54) is 10.8 Å². The monoisotopic (exact) mass is 614 g/mol. The van der Waals surface area contributed by atoms with E-state index >= 15 is 0 Å². The predicted octanol–water partition coefficient (Wildman–Crippen LogP) is 9.18. The molecule has 2 aliphatic heterocycles. The quantitative estimate of drug-likeness (QED) is 0.165. The van der Waals surface area contributed by atoms with Gasteiger partial charge in [-0.2, -0.15) is 0 Å². The number of fused-ring (bicyclic) bond motifs is 22. The lowest BCUT2D eigenvalue weighted by atomic mass is 9.98. The number of benzene rings is 6. The molecule has 0 saturated carbocycles. The molecule has 2 N–H and O–H groups in total. The number of rotatable bonds is 0. The van der Waals surface area contributed by atoms with Crippen molar-refractivity contribution in [3.63, 3.8) is 0 Å². The van der Waals surface area contributed by atoms with Crippen molar-refractivity contribution in [1.29, 1.82) is 0 Å². The fourth-order valence-corrected chi connectivity index (χ4v) is 7.08.